The van der Waals surface area contributed by atoms with Crippen LogP contribution in [0.1, 0.15) is 39.9 Å². The summed E-state index contributed by atoms with van der Waals surface area (Å²) in [5, 5.41) is 2.82. The summed E-state index contributed by atoms with van der Waals surface area (Å²) in [7, 11) is 1.76. The Labute approximate surface area is 175 Å². The van der Waals surface area contributed by atoms with E-state index in [1.165, 1.54) is 12.1 Å². The van der Waals surface area contributed by atoms with Gasteiger partial charge >= 0.3 is 6.18 Å². The van der Waals surface area contributed by atoms with Crippen LogP contribution in [0.15, 0.2) is 48.5 Å². The highest BCUT2D eigenvalue weighted by molar-refractivity contribution is 5.94. The van der Waals surface area contributed by atoms with E-state index in [4.69, 9.17) is 4.74 Å². The molecule has 0 bridgehead atoms. The fourth-order valence-corrected chi connectivity index (χ4v) is 3.61. The predicted molar refractivity (Wildman–Crippen MR) is 109 cm³/mol. The molecule has 1 aliphatic rings. The number of likely N-dealkylation sites (tertiary alicyclic amines) is 1. The van der Waals surface area contributed by atoms with Crippen molar-refractivity contribution in [3.8, 4) is 0 Å². The molecular formula is C23H27F3N2O2. The van der Waals surface area contributed by atoms with Crippen LogP contribution in [0.2, 0.25) is 0 Å². The lowest BCUT2D eigenvalue weighted by Crippen LogP contribution is -2.36. The van der Waals surface area contributed by atoms with Gasteiger partial charge in [-0.05, 0) is 54.7 Å². The van der Waals surface area contributed by atoms with Crippen molar-refractivity contribution in [1.29, 1.82) is 0 Å². The van der Waals surface area contributed by atoms with Crippen LogP contribution in [0.3, 0.4) is 0 Å². The van der Waals surface area contributed by atoms with Gasteiger partial charge in [-0.25, -0.2) is 0 Å². The van der Waals surface area contributed by atoms with Gasteiger partial charge in [0.2, 0.25) is 0 Å². The number of alkyl halides is 3. The molecule has 1 N–H and O–H groups in total. The zero-order valence-electron chi connectivity index (χ0n) is 17.0. The molecular weight excluding hydrogens is 393 g/mol. The molecule has 0 atom stereocenters. The average molecular weight is 420 g/mol. The van der Waals surface area contributed by atoms with Crippen molar-refractivity contribution in [2.75, 3.05) is 26.7 Å². The Morgan fingerprint density at radius 3 is 2.20 bits per heavy atom. The van der Waals surface area contributed by atoms with Crippen molar-refractivity contribution in [2.24, 2.45) is 0 Å². The van der Waals surface area contributed by atoms with E-state index in [0.717, 1.165) is 55.7 Å². The summed E-state index contributed by atoms with van der Waals surface area (Å²) in [5.74, 6) is -0.186. The number of halogens is 3. The van der Waals surface area contributed by atoms with Crippen LogP contribution < -0.4 is 5.32 Å². The second-order valence-corrected chi connectivity index (χ2v) is 7.61. The molecule has 30 heavy (non-hydrogen) atoms. The van der Waals surface area contributed by atoms with E-state index in [2.05, 4.69) is 10.2 Å². The van der Waals surface area contributed by atoms with Crippen LogP contribution in [-0.4, -0.2) is 43.7 Å². The standard InChI is InChI=1S/C23H27F3N2O2/c1-30-21-11-14-28(15-12-21)16-18-2-6-19(7-3-18)22(29)27-13-10-17-4-8-20(9-5-17)23(24,25)26/h2-9,21H,10-16H2,1H3,(H,27,29). The van der Waals surface area contributed by atoms with Gasteiger partial charge in [0.25, 0.3) is 5.91 Å². The Hall–Kier alpha value is -2.38. The van der Waals surface area contributed by atoms with Gasteiger partial charge in [0, 0.05) is 38.9 Å². The Morgan fingerprint density at radius 2 is 1.63 bits per heavy atom. The molecule has 1 aliphatic heterocycles. The maximum absolute atomic E-state index is 12.6. The lowest BCUT2D eigenvalue weighted by molar-refractivity contribution is -0.137. The monoisotopic (exact) mass is 420 g/mol. The molecule has 2 aromatic carbocycles. The number of hydrogen-bond donors (Lipinski definition) is 1. The number of rotatable bonds is 7. The van der Waals surface area contributed by atoms with E-state index in [0.29, 0.717) is 24.6 Å². The van der Waals surface area contributed by atoms with Crippen molar-refractivity contribution < 1.29 is 22.7 Å². The lowest BCUT2D eigenvalue weighted by atomic mass is 10.1. The number of benzene rings is 2. The van der Waals surface area contributed by atoms with E-state index in [-0.39, 0.29) is 5.91 Å². The molecule has 4 nitrogen and oxygen atoms in total. The number of nitrogens with one attached hydrogen (secondary N) is 1. The number of nitrogens with zero attached hydrogens (tertiary/aromatic N) is 1. The molecule has 1 amide bonds. The van der Waals surface area contributed by atoms with Crippen molar-refractivity contribution >= 4 is 5.91 Å². The van der Waals surface area contributed by atoms with Crippen LogP contribution in [0, 0.1) is 0 Å². The molecule has 1 fully saturated rings. The third-order valence-electron chi connectivity index (χ3n) is 5.47. The zero-order chi connectivity index (χ0) is 21.6. The Balaban J connectivity index is 1.43. The molecule has 0 radical (unpaired) electrons. The van der Waals surface area contributed by atoms with Crippen LogP contribution in [-0.2, 0) is 23.9 Å². The average Bonchev–Trinajstić information content (AvgIpc) is 2.74. The molecule has 1 saturated heterocycles. The summed E-state index contributed by atoms with van der Waals surface area (Å²) in [5.41, 5.74) is 1.81. The smallest absolute Gasteiger partial charge is 0.381 e. The highest BCUT2D eigenvalue weighted by Gasteiger charge is 2.29. The number of carbonyl (C=O) groups excluding carboxylic acids is 1. The number of piperidine rings is 1. The number of amides is 1. The summed E-state index contributed by atoms with van der Waals surface area (Å²) < 4.78 is 43.2. The molecule has 162 valence electrons. The fourth-order valence-electron chi connectivity index (χ4n) is 3.61. The van der Waals surface area contributed by atoms with Gasteiger partial charge in [-0.3, -0.25) is 9.69 Å². The number of methoxy groups -OCH3 is 1. The normalized spacial score (nSPS) is 15.9. The number of hydrogen-bond acceptors (Lipinski definition) is 3. The molecule has 0 saturated carbocycles. The largest absolute Gasteiger partial charge is 0.416 e. The van der Waals surface area contributed by atoms with E-state index in [9.17, 15) is 18.0 Å². The van der Waals surface area contributed by atoms with E-state index >= 15 is 0 Å². The van der Waals surface area contributed by atoms with Crippen LogP contribution >= 0.6 is 0 Å². The third-order valence-corrected chi connectivity index (χ3v) is 5.47. The third kappa shape index (κ3) is 6.31. The van der Waals surface area contributed by atoms with Crippen molar-refractivity contribution in [1.82, 2.24) is 10.2 Å². The SMILES string of the molecule is COC1CCN(Cc2ccc(C(=O)NCCc3ccc(C(F)(F)F)cc3)cc2)CC1. The molecule has 0 unspecified atom stereocenters. The van der Waals surface area contributed by atoms with Gasteiger partial charge in [0.1, 0.15) is 0 Å². The summed E-state index contributed by atoms with van der Waals surface area (Å²) in [4.78, 5) is 14.7. The van der Waals surface area contributed by atoms with E-state index < -0.39 is 11.7 Å². The molecule has 0 aromatic heterocycles. The quantitative estimate of drug-likeness (QED) is 0.727. The van der Waals surface area contributed by atoms with Gasteiger partial charge in [0.05, 0.1) is 11.7 Å². The Morgan fingerprint density at radius 1 is 1.03 bits per heavy atom. The Kier molecular flexibility index (Phi) is 7.50. The van der Waals surface area contributed by atoms with E-state index in [1.54, 1.807) is 7.11 Å². The first-order valence-corrected chi connectivity index (χ1v) is 10.1. The molecule has 2 aromatic rings. The van der Waals surface area contributed by atoms with Crippen molar-refractivity contribution in [3.63, 3.8) is 0 Å². The highest BCUT2D eigenvalue weighted by Crippen LogP contribution is 2.29. The fraction of sp³-hybridized carbons (Fsp3) is 0.435. The maximum Gasteiger partial charge on any atom is 0.416 e. The summed E-state index contributed by atoms with van der Waals surface area (Å²) >= 11 is 0. The first-order chi connectivity index (χ1) is 14.3. The first kappa shape index (κ1) is 22.3. The maximum atomic E-state index is 12.6. The molecule has 0 spiro atoms. The second kappa shape index (κ2) is 10.1. The molecule has 7 heteroatoms. The highest BCUT2D eigenvalue weighted by atomic mass is 19.4. The van der Waals surface area contributed by atoms with Gasteiger partial charge in [-0.2, -0.15) is 13.2 Å². The Bertz CT molecular complexity index is 812. The second-order valence-electron chi connectivity index (χ2n) is 7.61. The molecule has 3 rings (SSSR count). The van der Waals surface area contributed by atoms with Crippen LogP contribution in [0.5, 0.6) is 0 Å². The van der Waals surface area contributed by atoms with Crippen molar-refractivity contribution in [3.05, 3.63) is 70.8 Å². The van der Waals surface area contributed by atoms with Crippen LogP contribution in [0.25, 0.3) is 0 Å². The summed E-state index contributed by atoms with van der Waals surface area (Å²) in [6.07, 6.45) is -1.43. The topological polar surface area (TPSA) is 41.6 Å². The minimum atomic E-state index is -4.33. The molecule has 1 heterocycles. The van der Waals surface area contributed by atoms with E-state index in [1.807, 2.05) is 24.3 Å². The first-order valence-electron chi connectivity index (χ1n) is 10.1. The lowest BCUT2D eigenvalue weighted by Gasteiger charge is -2.31. The van der Waals surface area contributed by atoms with Crippen molar-refractivity contribution in [2.45, 2.75) is 38.1 Å². The summed E-state index contributed by atoms with van der Waals surface area (Å²) in [6.45, 7) is 3.22. The minimum Gasteiger partial charge on any atom is -0.381 e. The molecule has 0 aliphatic carbocycles. The zero-order valence-corrected chi connectivity index (χ0v) is 17.0. The predicted octanol–water partition coefficient (Wildman–Crippen LogP) is 4.29. The number of ether oxygens (including phenoxy) is 1. The minimum absolute atomic E-state index is 0.186. The van der Waals surface area contributed by atoms with Gasteiger partial charge in [0.15, 0.2) is 0 Å². The van der Waals surface area contributed by atoms with Gasteiger partial charge in [-0.15, -0.1) is 0 Å². The van der Waals surface area contributed by atoms with Crippen LogP contribution in [0.4, 0.5) is 13.2 Å². The van der Waals surface area contributed by atoms with Gasteiger partial charge < -0.3 is 10.1 Å². The van der Waals surface area contributed by atoms with Gasteiger partial charge in [-0.1, -0.05) is 24.3 Å². The number of carbonyl (C=O) groups is 1. The summed E-state index contributed by atoms with van der Waals surface area (Å²) in [6, 6.07) is 12.6.